The van der Waals surface area contributed by atoms with Crippen LogP contribution in [0.4, 0.5) is 10.5 Å². The van der Waals surface area contributed by atoms with Gasteiger partial charge in [0.2, 0.25) is 5.91 Å². The Bertz CT molecular complexity index is 882. The Labute approximate surface area is 175 Å². The fourth-order valence-electron chi connectivity index (χ4n) is 3.03. The zero-order valence-corrected chi connectivity index (χ0v) is 17.0. The molecule has 2 aliphatic heterocycles. The lowest BCUT2D eigenvalue weighted by Gasteiger charge is -2.18. The number of imide groups is 1. The number of amides is 3. The minimum absolute atomic E-state index is 0.104. The first-order valence-corrected chi connectivity index (χ1v) is 10.8. The van der Waals surface area contributed by atoms with Crippen molar-refractivity contribution < 1.29 is 24.4 Å². The lowest BCUT2D eigenvalue weighted by atomic mass is 10.2. The third-order valence-corrected chi connectivity index (χ3v) is 6.40. The van der Waals surface area contributed by atoms with Crippen LogP contribution in [0.2, 0.25) is 0 Å². The quantitative estimate of drug-likeness (QED) is 0.299. The Hall–Kier alpha value is -2.37. The van der Waals surface area contributed by atoms with E-state index in [1.165, 1.54) is 12.1 Å². The summed E-state index contributed by atoms with van der Waals surface area (Å²) in [4.78, 5) is 50.9. The van der Waals surface area contributed by atoms with Gasteiger partial charge in [-0.2, -0.15) is 0 Å². The van der Waals surface area contributed by atoms with Gasteiger partial charge in [0.15, 0.2) is 0 Å². The van der Waals surface area contributed by atoms with Crippen LogP contribution in [-0.2, 0) is 9.59 Å². The van der Waals surface area contributed by atoms with Crippen molar-refractivity contribution in [2.75, 3.05) is 32.0 Å². The number of nitro benzene ring substituents is 1. The fourth-order valence-corrected chi connectivity index (χ4v) is 4.63. The number of benzene rings is 1. The normalized spacial score (nSPS) is 18.2. The summed E-state index contributed by atoms with van der Waals surface area (Å²) in [6.45, 7) is 0.871. The van der Waals surface area contributed by atoms with Crippen LogP contribution in [-0.4, -0.2) is 68.9 Å². The molecule has 1 aromatic rings. The zero-order valence-electron chi connectivity index (χ0n) is 15.4. The summed E-state index contributed by atoms with van der Waals surface area (Å²) in [6.07, 6.45) is 3.25. The molecule has 0 aliphatic carbocycles. The van der Waals surface area contributed by atoms with Gasteiger partial charge in [0.25, 0.3) is 16.8 Å². The number of carbonyl (C=O) groups excluding carboxylic acids is 3. The molecule has 2 aliphatic rings. The summed E-state index contributed by atoms with van der Waals surface area (Å²) < 4.78 is 0. The van der Waals surface area contributed by atoms with Crippen LogP contribution in [0, 0.1) is 10.1 Å². The van der Waals surface area contributed by atoms with Gasteiger partial charge in [-0.15, -0.1) is 11.8 Å². The van der Waals surface area contributed by atoms with Gasteiger partial charge in [-0.25, -0.2) is 0 Å². The molecule has 1 N–H and O–H groups in total. The number of likely N-dealkylation sites (tertiary alicyclic amines) is 1. The smallest absolute Gasteiger partial charge is 0.294 e. The van der Waals surface area contributed by atoms with Gasteiger partial charge in [-0.3, -0.25) is 29.4 Å². The molecule has 2 fully saturated rings. The van der Waals surface area contributed by atoms with Crippen LogP contribution < -0.4 is 0 Å². The minimum atomic E-state index is -0.575. The third kappa shape index (κ3) is 4.98. The number of carbonyl (C=O) groups is 3. The van der Waals surface area contributed by atoms with Gasteiger partial charge in [-0.1, -0.05) is 6.07 Å². The monoisotopic (exact) mass is 437 g/mol. The maximum Gasteiger partial charge on any atom is 0.294 e. The molecule has 2 heterocycles. The number of nitro groups is 1. The fraction of sp³-hybridized carbons (Fsp3) is 0.389. The molecule has 0 aromatic heterocycles. The molecule has 29 heavy (non-hydrogen) atoms. The van der Waals surface area contributed by atoms with E-state index in [1.807, 2.05) is 0 Å². The number of hydrogen-bond acceptors (Lipinski definition) is 8. The second kappa shape index (κ2) is 9.42. The van der Waals surface area contributed by atoms with Crippen molar-refractivity contribution in [3.05, 3.63) is 38.8 Å². The molecule has 9 nitrogen and oxygen atoms in total. The highest BCUT2D eigenvalue weighted by Gasteiger charge is 2.37. The molecule has 0 bridgehead atoms. The van der Waals surface area contributed by atoms with E-state index in [4.69, 9.17) is 5.11 Å². The largest absolute Gasteiger partial charge is 0.396 e. The minimum Gasteiger partial charge on any atom is -0.396 e. The van der Waals surface area contributed by atoms with Crippen LogP contribution in [0.1, 0.15) is 18.4 Å². The summed E-state index contributed by atoms with van der Waals surface area (Å²) in [5, 5.41) is 19.7. The lowest BCUT2D eigenvalue weighted by Crippen LogP contribution is -2.40. The number of hydrogen-bond donors (Lipinski definition) is 1. The van der Waals surface area contributed by atoms with Gasteiger partial charge in [0, 0.05) is 24.9 Å². The molecule has 3 amide bonds. The van der Waals surface area contributed by atoms with Crippen molar-refractivity contribution in [1.82, 2.24) is 9.80 Å². The van der Waals surface area contributed by atoms with E-state index in [0.29, 0.717) is 41.1 Å². The number of rotatable bonds is 7. The van der Waals surface area contributed by atoms with Crippen molar-refractivity contribution >= 4 is 52.3 Å². The summed E-state index contributed by atoms with van der Waals surface area (Å²) in [5.74, 6) is -0.509. The van der Waals surface area contributed by atoms with Gasteiger partial charge >= 0.3 is 0 Å². The van der Waals surface area contributed by atoms with E-state index in [0.717, 1.165) is 29.5 Å². The topological polar surface area (TPSA) is 121 Å². The standard InChI is InChI=1S/C18H19N3O6S2/c22-7-8-28-14-4-3-12(9-13(14)21(26)27)10-15-17(24)20(18(25)29-15)11-16(23)19-5-1-2-6-19/h3-4,9-10,22H,1-2,5-8,11H2. The first-order valence-electron chi connectivity index (χ1n) is 8.96. The first kappa shape index (κ1) is 21.3. The lowest BCUT2D eigenvalue weighted by molar-refractivity contribution is -0.387. The summed E-state index contributed by atoms with van der Waals surface area (Å²) in [6, 6.07) is 4.48. The van der Waals surface area contributed by atoms with Crippen molar-refractivity contribution in [3.63, 3.8) is 0 Å². The Morgan fingerprint density at radius 3 is 2.69 bits per heavy atom. The van der Waals surface area contributed by atoms with E-state index in [1.54, 1.807) is 17.0 Å². The zero-order chi connectivity index (χ0) is 21.0. The number of nitrogens with zero attached hydrogens (tertiary/aromatic N) is 3. The average Bonchev–Trinajstić information content (AvgIpc) is 3.32. The number of thioether (sulfide) groups is 2. The summed E-state index contributed by atoms with van der Waals surface area (Å²) in [7, 11) is 0. The first-order chi connectivity index (χ1) is 13.9. The molecule has 0 saturated carbocycles. The van der Waals surface area contributed by atoms with Gasteiger partial charge in [-0.05, 0) is 42.3 Å². The molecule has 0 atom stereocenters. The van der Waals surface area contributed by atoms with Crippen LogP contribution in [0.15, 0.2) is 28.0 Å². The second-order valence-corrected chi connectivity index (χ2v) is 8.54. The Morgan fingerprint density at radius 2 is 2.03 bits per heavy atom. The molecule has 0 radical (unpaired) electrons. The molecule has 0 spiro atoms. The summed E-state index contributed by atoms with van der Waals surface area (Å²) >= 11 is 1.87. The van der Waals surface area contributed by atoms with Gasteiger partial charge in [0.05, 0.1) is 21.3 Å². The molecule has 3 rings (SSSR count). The number of aliphatic hydroxyl groups excluding tert-OH is 1. The summed E-state index contributed by atoms with van der Waals surface area (Å²) in [5.41, 5.74) is 0.266. The van der Waals surface area contributed by atoms with Gasteiger partial charge in [0.1, 0.15) is 6.54 Å². The molecule has 154 valence electrons. The molecular formula is C18H19N3O6S2. The maximum absolute atomic E-state index is 12.6. The predicted octanol–water partition coefficient (Wildman–Crippen LogP) is 2.34. The van der Waals surface area contributed by atoms with Gasteiger partial charge < -0.3 is 10.0 Å². The van der Waals surface area contributed by atoms with Crippen LogP contribution in [0.5, 0.6) is 0 Å². The van der Waals surface area contributed by atoms with Crippen molar-refractivity contribution in [3.8, 4) is 0 Å². The molecule has 1 aromatic carbocycles. The molecule has 11 heteroatoms. The Morgan fingerprint density at radius 1 is 1.31 bits per heavy atom. The van der Waals surface area contributed by atoms with Crippen LogP contribution >= 0.6 is 23.5 Å². The average molecular weight is 437 g/mol. The Kier molecular flexibility index (Phi) is 6.93. The van der Waals surface area contributed by atoms with Crippen LogP contribution in [0.25, 0.3) is 6.08 Å². The number of aliphatic hydroxyl groups is 1. The van der Waals surface area contributed by atoms with E-state index in [-0.39, 0.29) is 29.7 Å². The molecule has 2 saturated heterocycles. The third-order valence-electron chi connectivity index (χ3n) is 4.45. The Balaban J connectivity index is 1.77. The van der Waals surface area contributed by atoms with Crippen LogP contribution in [0.3, 0.4) is 0 Å². The SMILES string of the molecule is O=C(CN1C(=O)SC(=Cc2ccc(SCCO)c([N+](=O)[O-])c2)C1=O)N1CCCC1. The second-order valence-electron chi connectivity index (χ2n) is 6.41. The highest BCUT2D eigenvalue weighted by molar-refractivity contribution is 8.18. The van der Waals surface area contributed by atoms with E-state index < -0.39 is 16.1 Å². The molecule has 0 unspecified atom stereocenters. The van der Waals surface area contributed by atoms with Crippen molar-refractivity contribution in [2.45, 2.75) is 17.7 Å². The van der Waals surface area contributed by atoms with E-state index in [2.05, 4.69) is 0 Å². The van der Waals surface area contributed by atoms with Crippen molar-refractivity contribution in [2.24, 2.45) is 0 Å². The highest BCUT2D eigenvalue weighted by Crippen LogP contribution is 2.35. The predicted molar refractivity (Wildman–Crippen MR) is 109 cm³/mol. The van der Waals surface area contributed by atoms with E-state index >= 15 is 0 Å². The van der Waals surface area contributed by atoms with E-state index in [9.17, 15) is 24.5 Å². The maximum atomic E-state index is 12.6. The molecular weight excluding hydrogens is 418 g/mol. The highest BCUT2D eigenvalue weighted by atomic mass is 32.2. The van der Waals surface area contributed by atoms with Crippen molar-refractivity contribution in [1.29, 1.82) is 0 Å².